The second-order valence-corrected chi connectivity index (χ2v) is 8.20. The zero-order chi connectivity index (χ0) is 20.4. The number of hydrogen-bond donors (Lipinski definition) is 2. The highest BCUT2D eigenvalue weighted by Crippen LogP contribution is 2.24. The summed E-state index contributed by atoms with van der Waals surface area (Å²) < 4.78 is 5.54. The van der Waals surface area contributed by atoms with Crippen LogP contribution in [-0.4, -0.2) is 52.7 Å². The van der Waals surface area contributed by atoms with E-state index in [1.54, 1.807) is 23.1 Å². The van der Waals surface area contributed by atoms with Crippen molar-refractivity contribution in [1.82, 2.24) is 20.4 Å². The molecule has 2 aliphatic heterocycles. The first-order valence-corrected chi connectivity index (χ1v) is 10.4. The number of ether oxygens (including phenoxy) is 1. The van der Waals surface area contributed by atoms with Crippen molar-refractivity contribution in [3.8, 4) is 0 Å². The molecular formula is C20H22Cl2N4O3. The van der Waals surface area contributed by atoms with Crippen molar-refractivity contribution >= 4 is 35.0 Å². The summed E-state index contributed by atoms with van der Waals surface area (Å²) in [6, 6.07) is 5.11. The Hall–Kier alpha value is -2.09. The molecular weight excluding hydrogens is 415 g/mol. The van der Waals surface area contributed by atoms with E-state index in [1.807, 2.05) is 0 Å². The summed E-state index contributed by atoms with van der Waals surface area (Å²) in [5.74, 6) is -0.292. The Kier molecular flexibility index (Phi) is 6.08. The fourth-order valence-electron chi connectivity index (χ4n) is 3.73. The lowest BCUT2D eigenvalue weighted by molar-refractivity contribution is -0.131. The molecule has 1 fully saturated rings. The Morgan fingerprint density at radius 3 is 2.97 bits per heavy atom. The molecule has 7 nitrogen and oxygen atoms in total. The number of carbonyl (C=O) groups excluding carboxylic acids is 2. The number of benzene rings is 1. The third kappa shape index (κ3) is 4.57. The molecule has 1 atom stereocenters. The standard InChI is InChI=1S/C20H22Cl2N4O3/c21-13-4-3-12(16(22)9-13)8-18(27)26-6-5-17-15(11-26)19(25-24-17)20(28)23-10-14-2-1-7-29-14/h3-4,9,14H,1-2,5-8,10-11H2,(H,23,28)(H,24,25). The molecule has 1 aromatic heterocycles. The molecule has 3 heterocycles. The van der Waals surface area contributed by atoms with Gasteiger partial charge in [-0.05, 0) is 30.5 Å². The topological polar surface area (TPSA) is 87.3 Å². The number of H-pyrrole nitrogens is 1. The fraction of sp³-hybridized carbons (Fsp3) is 0.450. The van der Waals surface area contributed by atoms with Crippen LogP contribution in [0.1, 0.15) is 40.2 Å². The molecule has 1 unspecified atom stereocenters. The summed E-state index contributed by atoms with van der Waals surface area (Å²) in [6.45, 7) is 2.12. The number of rotatable bonds is 5. The van der Waals surface area contributed by atoms with Gasteiger partial charge in [0.25, 0.3) is 5.91 Å². The van der Waals surface area contributed by atoms with Crippen LogP contribution >= 0.6 is 23.2 Å². The Morgan fingerprint density at radius 1 is 1.34 bits per heavy atom. The van der Waals surface area contributed by atoms with Crippen LogP contribution in [0, 0.1) is 0 Å². The molecule has 9 heteroatoms. The summed E-state index contributed by atoms with van der Waals surface area (Å²) in [6.07, 6.45) is 2.85. The largest absolute Gasteiger partial charge is 0.376 e. The molecule has 0 spiro atoms. The lowest BCUT2D eigenvalue weighted by atomic mass is 10.0. The number of nitrogens with zero attached hydrogens (tertiary/aromatic N) is 2. The number of carbonyl (C=O) groups is 2. The van der Waals surface area contributed by atoms with Gasteiger partial charge in [-0.1, -0.05) is 29.3 Å². The van der Waals surface area contributed by atoms with E-state index in [1.165, 1.54) is 0 Å². The molecule has 2 N–H and O–H groups in total. The van der Waals surface area contributed by atoms with Gasteiger partial charge < -0.3 is 15.0 Å². The highest BCUT2D eigenvalue weighted by Gasteiger charge is 2.28. The van der Waals surface area contributed by atoms with E-state index in [9.17, 15) is 9.59 Å². The van der Waals surface area contributed by atoms with Crippen molar-refractivity contribution in [3.05, 3.63) is 50.8 Å². The molecule has 2 aromatic rings. The predicted molar refractivity (Wildman–Crippen MR) is 109 cm³/mol. The number of hydrogen-bond acceptors (Lipinski definition) is 4. The van der Waals surface area contributed by atoms with Gasteiger partial charge in [0, 0.05) is 54.0 Å². The molecule has 0 bridgehead atoms. The third-order valence-electron chi connectivity index (χ3n) is 5.37. The number of fused-ring (bicyclic) bond motifs is 1. The van der Waals surface area contributed by atoms with Gasteiger partial charge in [0.05, 0.1) is 12.5 Å². The minimum atomic E-state index is -0.243. The Morgan fingerprint density at radius 2 is 2.21 bits per heavy atom. The molecule has 0 aliphatic carbocycles. The quantitative estimate of drug-likeness (QED) is 0.753. The van der Waals surface area contributed by atoms with Crippen LogP contribution < -0.4 is 5.32 Å². The Balaban J connectivity index is 1.41. The molecule has 4 rings (SSSR count). The average molecular weight is 437 g/mol. The van der Waals surface area contributed by atoms with Gasteiger partial charge in [0.15, 0.2) is 5.69 Å². The lowest BCUT2D eigenvalue weighted by Gasteiger charge is -2.27. The number of halogens is 2. The van der Waals surface area contributed by atoms with Crippen molar-refractivity contribution < 1.29 is 14.3 Å². The molecule has 29 heavy (non-hydrogen) atoms. The first-order valence-electron chi connectivity index (χ1n) is 9.69. The maximum Gasteiger partial charge on any atom is 0.272 e. The van der Waals surface area contributed by atoms with Crippen molar-refractivity contribution in [2.24, 2.45) is 0 Å². The smallest absolute Gasteiger partial charge is 0.272 e. The average Bonchev–Trinajstić information content (AvgIpc) is 3.37. The van der Waals surface area contributed by atoms with E-state index in [0.29, 0.717) is 41.8 Å². The SMILES string of the molecule is O=C(NCC1CCCO1)c1n[nH]c2c1CN(C(=O)Cc1ccc(Cl)cc1Cl)CC2. The first kappa shape index (κ1) is 20.2. The molecule has 1 aromatic carbocycles. The minimum absolute atomic E-state index is 0.0493. The van der Waals surface area contributed by atoms with E-state index in [-0.39, 0.29) is 24.3 Å². The molecule has 0 saturated carbocycles. The van der Waals surface area contributed by atoms with Crippen LogP contribution in [0.3, 0.4) is 0 Å². The van der Waals surface area contributed by atoms with Crippen molar-refractivity contribution in [1.29, 1.82) is 0 Å². The lowest BCUT2D eigenvalue weighted by Crippen LogP contribution is -2.38. The second kappa shape index (κ2) is 8.73. The van der Waals surface area contributed by atoms with Gasteiger partial charge in [0.2, 0.25) is 5.91 Å². The van der Waals surface area contributed by atoms with E-state index in [0.717, 1.165) is 36.3 Å². The van der Waals surface area contributed by atoms with E-state index in [2.05, 4.69) is 15.5 Å². The number of amides is 2. The van der Waals surface area contributed by atoms with Crippen molar-refractivity contribution in [2.75, 3.05) is 19.7 Å². The maximum absolute atomic E-state index is 12.8. The highest BCUT2D eigenvalue weighted by atomic mass is 35.5. The molecule has 0 radical (unpaired) electrons. The van der Waals surface area contributed by atoms with Gasteiger partial charge in [-0.15, -0.1) is 0 Å². The van der Waals surface area contributed by atoms with Gasteiger partial charge in [-0.25, -0.2) is 0 Å². The summed E-state index contributed by atoms with van der Waals surface area (Å²) in [7, 11) is 0. The third-order valence-corrected chi connectivity index (χ3v) is 5.96. The zero-order valence-corrected chi connectivity index (χ0v) is 17.4. The predicted octanol–water partition coefficient (Wildman–Crippen LogP) is 2.75. The van der Waals surface area contributed by atoms with Crippen molar-refractivity contribution in [3.63, 3.8) is 0 Å². The summed E-state index contributed by atoms with van der Waals surface area (Å²) in [4.78, 5) is 27.1. The van der Waals surface area contributed by atoms with Crippen LogP contribution in [0.25, 0.3) is 0 Å². The van der Waals surface area contributed by atoms with Crippen LogP contribution in [0.4, 0.5) is 0 Å². The normalized spacial score (nSPS) is 18.6. The molecule has 2 amide bonds. The first-order chi connectivity index (χ1) is 14.0. The van der Waals surface area contributed by atoms with Crippen LogP contribution in [0.2, 0.25) is 10.0 Å². The number of aromatic nitrogens is 2. The zero-order valence-electron chi connectivity index (χ0n) is 15.8. The number of aromatic amines is 1. The van der Waals surface area contributed by atoms with Gasteiger partial charge >= 0.3 is 0 Å². The van der Waals surface area contributed by atoms with Crippen LogP contribution in [0.15, 0.2) is 18.2 Å². The maximum atomic E-state index is 12.8. The summed E-state index contributed by atoms with van der Waals surface area (Å²) >= 11 is 12.1. The summed E-state index contributed by atoms with van der Waals surface area (Å²) in [5.41, 5.74) is 2.76. The second-order valence-electron chi connectivity index (χ2n) is 7.35. The van der Waals surface area contributed by atoms with E-state index in [4.69, 9.17) is 27.9 Å². The van der Waals surface area contributed by atoms with Crippen LogP contribution in [0.5, 0.6) is 0 Å². The fourth-order valence-corrected chi connectivity index (χ4v) is 4.21. The van der Waals surface area contributed by atoms with E-state index < -0.39 is 0 Å². The van der Waals surface area contributed by atoms with Gasteiger partial charge in [-0.2, -0.15) is 5.10 Å². The van der Waals surface area contributed by atoms with Gasteiger partial charge in [0.1, 0.15) is 0 Å². The van der Waals surface area contributed by atoms with Crippen molar-refractivity contribution in [2.45, 2.75) is 38.3 Å². The van der Waals surface area contributed by atoms with E-state index >= 15 is 0 Å². The Bertz CT molecular complexity index is 924. The summed E-state index contributed by atoms with van der Waals surface area (Å²) in [5, 5.41) is 11.0. The minimum Gasteiger partial charge on any atom is -0.376 e. The number of nitrogens with one attached hydrogen (secondary N) is 2. The Labute approximate surface area is 178 Å². The monoisotopic (exact) mass is 436 g/mol. The molecule has 1 saturated heterocycles. The molecule has 154 valence electrons. The van der Waals surface area contributed by atoms with Crippen LogP contribution in [-0.2, 0) is 28.9 Å². The van der Waals surface area contributed by atoms with Gasteiger partial charge in [-0.3, -0.25) is 14.7 Å². The highest BCUT2D eigenvalue weighted by molar-refractivity contribution is 6.35. The molecule has 2 aliphatic rings.